The second-order valence-corrected chi connectivity index (χ2v) is 10.6. The van der Waals surface area contributed by atoms with E-state index in [1.54, 1.807) is 5.48 Å². The molecule has 1 aliphatic rings. The highest BCUT2D eigenvalue weighted by Crippen LogP contribution is 2.38. The summed E-state index contributed by atoms with van der Waals surface area (Å²) >= 11 is 0. The Labute approximate surface area is 246 Å². The largest absolute Gasteiger partial charge is 0.392 e. The fourth-order valence-electron chi connectivity index (χ4n) is 4.94. The van der Waals surface area contributed by atoms with Gasteiger partial charge in [-0.25, -0.2) is 5.48 Å². The summed E-state index contributed by atoms with van der Waals surface area (Å²) in [6.45, 7) is 1.53. The average Bonchev–Trinajstić information content (AvgIpc) is 3.02. The Balaban J connectivity index is 1.41. The summed E-state index contributed by atoms with van der Waals surface area (Å²) in [5.41, 5.74) is 5.93. The summed E-state index contributed by atoms with van der Waals surface area (Å²) in [6, 6.07) is 21.2. The van der Waals surface area contributed by atoms with Crippen LogP contribution in [-0.2, 0) is 32.1 Å². The number of unbranched alkanes of at least 4 members (excludes halogenated alkanes) is 1. The molecule has 10 heteroatoms. The molecular weight excluding hydrogens is 536 g/mol. The van der Waals surface area contributed by atoms with Crippen LogP contribution in [0.2, 0.25) is 0 Å². The number of aliphatic hydroxyl groups excluding tert-OH is 1. The lowest BCUT2D eigenvalue weighted by molar-refractivity contribution is -0.252. The first kappa shape index (κ1) is 31.3. The Morgan fingerprint density at radius 2 is 1.76 bits per heavy atom. The van der Waals surface area contributed by atoms with E-state index >= 15 is 0 Å². The number of carbonyl (C=O) groups is 2. The first-order chi connectivity index (χ1) is 20.4. The zero-order chi connectivity index (χ0) is 29.7. The van der Waals surface area contributed by atoms with Crippen molar-refractivity contribution >= 4 is 17.5 Å². The van der Waals surface area contributed by atoms with E-state index < -0.39 is 12.2 Å². The maximum Gasteiger partial charge on any atom is 0.243 e. The molecule has 1 saturated heterocycles. The molecule has 1 aromatic heterocycles. The van der Waals surface area contributed by atoms with E-state index in [4.69, 9.17) is 14.7 Å². The monoisotopic (exact) mass is 576 g/mol. The number of nitrogens with one attached hydrogen (secondary N) is 2. The number of carbonyl (C=O) groups excluding carboxylic acids is 2. The smallest absolute Gasteiger partial charge is 0.243 e. The molecule has 3 atom stereocenters. The molecule has 3 aromatic rings. The van der Waals surface area contributed by atoms with Gasteiger partial charge in [0, 0.05) is 61.9 Å². The van der Waals surface area contributed by atoms with E-state index in [0.29, 0.717) is 31.5 Å². The maximum atomic E-state index is 12.5. The number of ether oxygens (including phenoxy) is 2. The maximum absolute atomic E-state index is 12.5. The van der Waals surface area contributed by atoms with Crippen LogP contribution in [0.1, 0.15) is 66.9 Å². The summed E-state index contributed by atoms with van der Waals surface area (Å²) in [7, 11) is 2.08. The third kappa shape index (κ3) is 9.71. The molecule has 0 saturated carbocycles. The number of hydrogen-bond donors (Lipinski definition) is 4. The van der Waals surface area contributed by atoms with E-state index in [0.717, 1.165) is 35.3 Å². The van der Waals surface area contributed by atoms with Crippen molar-refractivity contribution in [2.75, 3.05) is 25.5 Å². The second kappa shape index (κ2) is 16.1. The third-order valence-electron chi connectivity index (χ3n) is 7.23. The van der Waals surface area contributed by atoms with Gasteiger partial charge < -0.3 is 24.8 Å². The van der Waals surface area contributed by atoms with Crippen molar-refractivity contribution in [1.82, 2.24) is 15.4 Å². The quantitative estimate of drug-likeness (QED) is 0.127. The lowest BCUT2D eigenvalue weighted by Gasteiger charge is -2.38. The standard InChI is InChI=1S/C32H40N4O6/c1-36(18-16-26-8-4-5-17-33-26)21-28-20-29(24-14-12-23(22-37)13-15-24)42-32(41-28)25-7-6-9-27(19-25)34-30(38)10-2-3-11-31(39)35-40/h4-9,12-15,17,19,28-29,32,37,40H,2-3,10-11,16,18,20-22H2,1H3,(H,34,38)(H,35,39)/t28-,29+,32+/m1/s1. The van der Waals surface area contributed by atoms with Gasteiger partial charge in [-0.2, -0.15) is 0 Å². The topological polar surface area (TPSA) is 133 Å². The fraction of sp³-hybridized carbons (Fsp3) is 0.406. The predicted octanol–water partition coefficient (Wildman–Crippen LogP) is 4.30. The van der Waals surface area contributed by atoms with E-state index in [-0.39, 0.29) is 37.6 Å². The van der Waals surface area contributed by atoms with Gasteiger partial charge in [-0.3, -0.25) is 19.8 Å². The highest BCUT2D eigenvalue weighted by atomic mass is 16.7. The van der Waals surface area contributed by atoms with Gasteiger partial charge >= 0.3 is 0 Å². The van der Waals surface area contributed by atoms with Crippen LogP contribution in [0.25, 0.3) is 0 Å². The molecule has 0 unspecified atom stereocenters. The van der Waals surface area contributed by atoms with Crippen LogP contribution in [0.4, 0.5) is 5.69 Å². The molecule has 2 amide bonds. The molecule has 1 aliphatic heterocycles. The number of anilines is 1. The number of likely N-dealkylation sites (N-methyl/N-ethyl adjacent to an activating group) is 1. The van der Waals surface area contributed by atoms with Crippen molar-refractivity contribution in [2.45, 2.75) is 63.6 Å². The van der Waals surface area contributed by atoms with E-state index in [1.165, 1.54) is 0 Å². The highest BCUT2D eigenvalue weighted by molar-refractivity contribution is 5.90. The van der Waals surface area contributed by atoms with Gasteiger partial charge in [0.15, 0.2) is 6.29 Å². The van der Waals surface area contributed by atoms with Crippen molar-refractivity contribution in [1.29, 1.82) is 0 Å². The van der Waals surface area contributed by atoms with Crippen molar-refractivity contribution in [3.05, 3.63) is 95.3 Å². The van der Waals surface area contributed by atoms with Gasteiger partial charge in [-0.1, -0.05) is 42.5 Å². The number of hydroxylamine groups is 1. The molecule has 1 fully saturated rings. The zero-order valence-electron chi connectivity index (χ0n) is 23.9. The van der Waals surface area contributed by atoms with Crippen LogP contribution in [0.15, 0.2) is 72.9 Å². The number of nitrogens with zero attached hydrogens (tertiary/aromatic N) is 2. The average molecular weight is 577 g/mol. The molecule has 2 heterocycles. The van der Waals surface area contributed by atoms with Crippen molar-refractivity contribution in [2.24, 2.45) is 0 Å². The van der Waals surface area contributed by atoms with E-state index in [9.17, 15) is 14.7 Å². The molecule has 224 valence electrons. The molecule has 0 spiro atoms. The van der Waals surface area contributed by atoms with Crippen molar-refractivity contribution in [3.63, 3.8) is 0 Å². The molecule has 42 heavy (non-hydrogen) atoms. The van der Waals surface area contributed by atoms with Crippen LogP contribution in [-0.4, -0.2) is 58.3 Å². The van der Waals surface area contributed by atoms with E-state index in [1.807, 2.05) is 72.9 Å². The first-order valence-electron chi connectivity index (χ1n) is 14.4. The van der Waals surface area contributed by atoms with Crippen LogP contribution in [0.3, 0.4) is 0 Å². The lowest BCUT2D eigenvalue weighted by Crippen LogP contribution is -2.38. The molecule has 0 aliphatic carbocycles. The number of aliphatic hydroxyl groups is 1. The van der Waals surface area contributed by atoms with Crippen molar-refractivity contribution in [3.8, 4) is 0 Å². The SMILES string of the molecule is CN(CCc1ccccn1)C[C@H]1C[C@@H](c2ccc(CO)cc2)O[C@@H](c2cccc(NC(=O)CCCCC(=O)NO)c2)O1. The number of pyridine rings is 1. The molecule has 10 nitrogen and oxygen atoms in total. The minimum atomic E-state index is -0.635. The fourth-order valence-corrected chi connectivity index (χ4v) is 4.94. The molecule has 4 N–H and O–H groups in total. The summed E-state index contributed by atoms with van der Waals surface area (Å²) in [6.07, 6.45) is 3.84. The summed E-state index contributed by atoms with van der Waals surface area (Å²) in [5, 5.41) is 21.0. The van der Waals surface area contributed by atoms with E-state index in [2.05, 4.69) is 22.2 Å². The molecule has 0 radical (unpaired) electrons. The van der Waals surface area contributed by atoms with Crippen LogP contribution in [0.5, 0.6) is 0 Å². The number of amides is 2. The predicted molar refractivity (Wildman–Crippen MR) is 157 cm³/mol. The summed E-state index contributed by atoms with van der Waals surface area (Å²) in [5.74, 6) is -0.618. The Hall–Kier alpha value is -3.67. The highest BCUT2D eigenvalue weighted by Gasteiger charge is 2.33. The van der Waals surface area contributed by atoms with Gasteiger partial charge in [0.05, 0.1) is 18.8 Å². The first-order valence-corrected chi connectivity index (χ1v) is 14.4. The molecule has 2 aromatic carbocycles. The van der Waals surface area contributed by atoms with Crippen LogP contribution >= 0.6 is 0 Å². The minimum absolute atomic E-state index is 0.0161. The number of rotatable bonds is 14. The van der Waals surface area contributed by atoms with Gasteiger partial charge in [0.25, 0.3) is 0 Å². The van der Waals surface area contributed by atoms with Gasteiger partial charge in [0.2, 0.25) is 11.8 Å². The molecule has 0 bridgehead atoms. The number of hydrogen-bond acceptors (Lipinski definition) is 8. The molecular formula is C32H40N4O6. The second-order valence-electron chi connectivity index (χ2n) is 10.6. The number of benzene rings is 2. The number of aromatic nitrogens is 1. The summed E-state index contributed by atoms with van der Waals surface area (Å²) < 4.78 is 12.9. The van der Waals surface area contributed by atoms with Gasteiger partial charge in [-0.05, 0) is 55.3 Å². The Morgan fingerprint density at radius 3 is 2.48 bits per heavy atom. The van der Waals surface area contributed by atoms with Crippen LogP contribution in [0, 0.1) is 0 Å². The minimum Gasteiger partial charge on any atom is -0.392 e. The summed E-state index contributed by atoms with van der Waals surface area (Å²) in [4.78, 5) is 30.3. The Morgan fingerprint density at radius 1 is 0.976 bits per heavy atom. The lowest BCUT2D eigenvalue weighted by atomic mass is 9.99. The Bertz CT molecular complexity index is 1270. The van der Waals surface area contributed by atoms with Gasteiger partial charge in [-0.15, -0.1) is 0 Å². The van der Waals surface area contributed by atoms with Crippen LogP contribution < -0.4 is 10.8 Å². The Kier molecular flexibility index (Phi) is 12.0. The van der Waals surface area contributed by atoms with Gasteiger partial charge in [0.1, 0.15) is 0 Å². The zero-order valence-corrected chi connectivity index (χ0v) is 23.9. The third-order valence-corrected chi connectivity index (χ3v) is 7.23. The molecule has 4 rings (SSSR count). The van der Waals surface area contributed by atoms with Crippen molar-refractivity contribution < 1.29 is 29.4 Å². The normalized spacial score (nSPS) is 18.5.